The summed E-state index contributed by atoms with van der Waals surface area (Å²) in [6.45, 7) is 0. The molecule has 0 unspecified atom stereocenters. The zero-order valence-corrected chi connectivity index (χ0v) is 27.5. The lowest BCUT2D eigenvalue weighted by Gasteiger charge is -2.16. The molecule has 0 aliphatic carbocycles. The van der Waals surface area contributed by atoms with Gasteiger partial charge in [-0.1, -0.05) is 146 Å². The first-order valence-corrected chi connectivity index (χ1v) is 16.9. The van der Waals surface area contributed by atoms with Gasteiger partial charge in [-0.05, 0) is 46.5 Å². The number of hydrogen-bond acceptors (Lipinski definition) is 5. The van der Waals surface area contributed by atoms with Crippen molar-refractivity contribution in [2.75, 3.05) is 0 Å². The van der Waals surface area contributed by atoms with Crippen molar-refractivity contribution in [1.82, 2.24) is 19.9 Å². The molecular formula is C46H30N4O. The standard InChI is InChI=1S/C46H30N4O/c1-3-14-33(15-4-1)41-28-42(50-46(49-41)36-29-47-45(48-30-36)34-16-5-2-6-17-34)35-26-25-32-24-23-31-13-7-8-18-37(31)38-19-9-11-21-43(38)51-44-22-12-10-20-39(44)40(32)27-35/h1-30H/b24-23-. The smallest absolute Gasteiger partial charge is 0.163 e. The average Bonchev–Trinajstić information content (AvgIpc) is 3.23. The van der Waals surface area contributed by atoms with Crippen LogP contribution in [0.4, 0.5) is 0 Å². The summed E-state index contributed by atoms with van der Waals surface area (Å²) in [6, 6.07) is 53.5. The molecule has 0 saturated heterocycles. The highest BCUT2D eigenvalue weighted by Crippen LogP contribution is 2.42. The monoisotopic (exact) mass is 654 g/mol. The van der Waals surface area contributed by atoms with Crippen LogP contribution in [-0.4, -0.2) is 19.9 Å². The normalized spacial score (nSPS) is 12.2. The van der Waals surface area contributed by atoms with Crippen LogP contribution >= 0.6 is 0 Å². The summed E-state index contributed by atoms with van der Waals surface area (Å²) in [5.41, 5.74) is 11.6. The van der Waals surface area contributed by atoms with E-state index in [0.29, 0.717) is 11.6 Å². The minimum absolute atomic E-state index is 0.555. The highest BCUT2D eigenvalue weighted by atomic mass is 16.5. The van der Waals surface area contributed by atoms with E-state index in [4.69, 9.17) is 14.7 Å². The van der Waals surface area contributed by atoms with Crippen molar-refractivity contribution in [2.45, 2.75) is 0 Å². The predicted molar refractivity (Wildman–Crippen MR) is 206 cm³/mol. The van der Waals surface area contributed by atoms with Crippen molar-refractivity contribution in [3.63, 3.8) is 0 Å². The van der Waals surface area contributed by atoms with Crippen molar-refractivity contribution in [1.29, 1.82) is 0 Å². The lowest BCUT2D eigenvalue weighted by molar-refractivity contribution is 0.486. The predicted octanol–water partition coefficient (Wildman–Crippen LogP) is 11.5. The van der Waals surface area contributed by atoms with E-state index in [-0.39, 0.29) is 0 Å². The first kappa shape index (κ1) is 30.1. The van der Waals surface area contributed by atoms with Crippen LogP contribution in [0.3, 0.4) is 0 Å². The third kappa shape index (κ3) is 5.98. The Morgan fingerprint density at radius 1 is 0.353 bits per heavy atom. The molecule has 0 saturated carbocycles. The van der Waals surface area contributed by atoms with Crippen molar-refractivity contribution >= 4 is 12.2 Å². The number of aromatic nitrogens is 4. The second-order valence-electron chi connectivity index (χ2n) is 12.3. The molecule has 1 aliphatic heterocycles. The molecule has 240 valence electrons. The second-order valence-corrected chi connectivity index (χ2v) is 12.3. The van der Waals surface area contributed by atoms with Crippen LogP contribution in [0, 0.1) is 0 Å². The maximum absolute atomic E-state index is 6.76. The van der Waals surface area contributed by atoms with Crippen LogP contribution < -0.4 is 4.74 Å². The second kappa shape index (κ2) is 13.1. The van der Waals surface area contributed by atoms with E-state index in [1.807, 2.05) is 72.8 Å². The number of nitrogens with zero attached hydrogens (tertiary/aromatic N) is 4. The molecule has 0 spiro atoms. The Labute approximate surface area is 296 Å². The lowest BCUT2D eigenvalue weighted by atomic mass is 9.94. The Kier molecular flexibility index (Phi) is 7.76. The fourth-order valence-corrected chi connectivity index (χ4v) is 6.50. The van der Waals surface area contributed by atoms with Crippen LogP contribution in [0.1, 0.15) is 11.1 Å². The van der Waals surface area contributed by atoms with Gasteiger partial charge in [0.05, 0.1) is 17.0 Å². The third-order valence-corrected chi connectivity index (χ3v) is 9.06. The molecule has 0 radical (unpaired) electrons. The van der Waals surface area contributed by atoms with Crippen LogP contribution in [-0.2, 0) is 0 Å². The Hall–Kier alpha value is -6.98. The summed E-state index contributed by atoms with van der Waals surface area (Å²) in [6.07, 6.45) is 7.98. The van der Waals surface area contributed by atoms with E-state index in [0.717, 1.165) is 78.5 Å². The van der Waals surface area contributed by atoms with Crippen molar-refractivity contribution in [3.8, 4) is 79.0 Å². The number of fused-ring (bicyclic) bond motifs is 6. The minimum Gasteiger partial charge on any atom is -0.456 e. The highest BCUT2D eigenvalue weighted by molar-refractivity contribution is 5.90. The van der Waals surface area contributed by atoms with Gasteiger partial charge in [0.15, 0.2) is 11.6 Å². The van der Waals surface area contributed by atoms with Gasteiger partial charge in [-0.3, -0.25) is 0 Å². The Bertz CT molecular complexity index is 2550. The lowest BCUT2D eigenvalue weighted by Crippen LogP contribution is -1.98. The SMILES string of the molecule is C1=C\c2ccc(-c3cc(-c4ccccc4)nc(-c4cnc(-c5ccccc5)nc4)n3)cc2-c2ccccc2Oc2ccccc2-c2ccccc2/1. The zero-order valence-electron chi connectivity index (χ0n) is 27.5. The van der Waals surface area contributed by atoms with Gasteiger partial charge in [-0.15, -0.1) is 0 Å². The number of rotatable bonds is 4. The fourth-order valence-electron chi connectivity index (χ4n) is 6.50. The molecule has 0 atom stereocenters. The van der Waals surface area contributed by atoms with Gasteiger partial charge in [0.25, 0.3) is 0 Å². The van der Waals surface area contributed by atoms with E-state index in [1.165, 1.54) is 0 Å². The van der Waals surface area contributed by atoms with E-state index in [9.17, 15) is 0 Å². The molecule has 2 aromatic heterocycles. The van der Waals surface area contributed by atoms with Crippen molar-refractivity contribution < 1.29 is 4.74 Å². The topological polar surface area (TPSA) is 60.8 Å². The molecule has 0 amide bonds. The van der Waals surface area contributed by atoms with E-state index >= 15 is 0 Å². The number of hydrogen-bond donors (Lipinski definition) is 0. The van der Waals surface area contributed by atoms with Crippen molar-refractivity contribution in [3.05, 3.63) is 181 Å². The molecule has 0 N–H and O–H groups in total. The highest BCUT2D eigenvalue weighted by Gasteiger charge is 2.18. The zero-order chi connectivity index (χ0) is 34.0. The van der Waals surface area contributed by atoms with Crippen LogP contribution in [0.5, 0.6) is 11.5 Å². The molecule has 51 heavy (non-hydrogen) atoms. The minimum atomic E-state index is 0.555. The van der Waals surface area contributed by atoms with Gasteiger partial charge >= 0.3 is 0 Å². The molecule has 0 bridgehead atoms. The molecular weight excluding hydrogens is 625 g/mol. The van der Waals surface area contributed by atoms with Crippen LogP contribution in [0.15, 0.2) is 170 Å². The summed E-state index contributed by atoms with van der Waals surface area (Å²) in [5.74, 6) is 2.79. The fraction of sp³-hybridized carbons (Fsp3) is 0. The van der Waals surface area contributed by atoms with Crippen LogP contribution in [0.25, 0.3) is 79.7 Å². The molecule has 9 rings (SSSR count). The van der Waals surface area contributed by atoms with E-state index in [1.54, 1.807) is 12.4 Å². The molecule has 8 aromatic rings. The third-order valence-electron chi connectivity index (χ3n) is 9.06. The Balaban J connectivity index is 1.21. The largest absolute Gasteiger partial charge is 0.456 e. The van der Waals surface area contributed by atoms with Gasteiger partial charge in [0.2, 0.25) is 0 Å². The maximum Gasteiger partial charge on any atom is 0.163 e. The molecule has 0 fully saturated rings. The first-order chi connectivity index (χ1) is 25.3. The van der Waals surface area contributed by atoms with Gasteiger partial charge < -0.3 is 4.74 Å². The van der Waals surface area contributed by atoms with Gasteiger partial charge in [-0.2, -0.15) is 0 Å². The van der Waals surface area contributed by atoms with E-state index in [2.05, 4.69) is 107 Å². The van der Waals surface area contributed by atoms with Gasteiger partial charge in [-0.25, -0.2) is 19.9 Å². The molecule has 5 heteroatoms. The Morgan fingerprint density at radius 3 is 1.57 bits per heavy atom. The van der Waals surface area contributed by atoms with Crippen LogP contribution in [0.2, 0.25) is 0 Å². The van der Waals surface area contributed by atoms with Gasteiger partial charge in [0, 0.05) is 40.2 Å². The number of benzene rings is 6. The van der Waals surface area contributed by atoms with Crippen molar-refractivity contribution in [2.24, 2.45) is 0 Å². The molecule has 5 nitrogen and oxygen atoms in total. The number of ether oxygens (including phenoxy) is 1. The summed E-state index contributed by atoms with van der Waals surface area (Å²) in [5, 5.41) is 0. The molecule has 6 aromatic carbocycles. The summed E-state index contributed by atoms with van der Waals surface area (Å²) in [7, 11) is 0. The summed E-state index contributed by atoms with van der Waals surface area (Å²) < 4.78 is 6.76. The quantitative estimate of drug-likeness (QED) is 0.189. The summed E-state index contributed by atoms with van der Waals surface area (Å²) in [4.78, 5) is 19.5. The molecule has 1 aliphatic rings. The van der Waals surface area contributed by atoms with E-state index < -0.39 is 0 Å². The average molecular weight is 655 g/mol. The maximum atomic E-state index is 6.76. The van der Waals surface area contributed by atoms with Gasteiger partial charge in [0.1, 0.15) is 11.5 Å². The molecule has 3 heterocycles. The number of para-hydroxylation sites is 2. The summed E-state index contributed by atoms with van der Waals surface area (Å²) >= 11 is 0. The Morgan fingerprint density at radius 2 is 0.882 bits per heavy atom. The first-order valence-electron chi connectivity index (χ1n) is 16.9.